The van der Waals surface area contributed by atoms with E-state index < -0.39 is 62.9 Å². The van der Waals surface area contributed by atoms with Crippen LogP contribution in [0.25, 0.3) is 0 Å². The van der Waals surface area contributed by atoms with Gasteiger partial charge in [-0.1, -0.05) is 146 Å². The zero-order valence-corrected chi connectivity index (χ0v) is 49.8. The van der Waals surface area contributed by atoms with E-state index in [1.807, 2.05) is 0 Å². The van der Waals surface area contributed by atoms with Crippen LogP contribution >= 0.6 is 31.7 Å². The summed E-state index contributed by atoms with van der Waals surface area (Å²) in [5.74, 6) is 0.167. The van der Waals surface area contributed by atoms with Gasteiger partial charge in [0.2, 0.25) is 10.1 Å². The van der Waals surface area contributed by atoms with Crippen LogP contribution in [0.4, 0.5) is 26.3 Å². The zero-order valence-electron chi connectivity index (χ0n) is 42.5. The van der Waals surface area contributed by atoms with Crippen LogP contribution in [0, 0.1) is 0 Å². The van der Waals surface area contributed by atoms with Gasteiger partial charge in [0.25, 0.3) is 0 Å². The van der Waals surface area contributed by atoms with Crippen LogP contribution in [0.1, 0.15) is 13.8 Å². The second-order valence-corrected chi connectivity index (χ2v) is 29.9. The average molecular weight is 1290 g/mol. The smallest absolute Gasteiger partial charge is 0.741 e. The quantitative estimate of drug-likeness (QED) is 0.0290. The van der Waals surface area contributed by atoms with Crippen molar-refractivity contribution in [3.63, 3.8) is 0 Å². The predicted molar refractivity (Wildman–Crippen MR) is 318 cm³/mol. The summed E-state index contributed by atoms with van der Waals surface area (Å²) in [6.07, 6.45) is 0. The van der Waals surface area contributed by atoms with Gasteiger partial charge in [0, 0.05) is 0 Å². The van der Waals surface area contributed by atoms with Crippen LogP contribution in [-0.2, 0) is 55.5 Å². The molecule has 8 aromatic carbocycles. The number of alkyl halides is 6. The fraction of sp³-hybridized carbons (Fsp3) is 0.0702. The number of halogens is 6. The summed E-state index contributed by atoms with van der Waals surface area (Å²) in [6, 6.07) is 87.4. The Morgan fingerprint density at radius 2 is 0.430 bits per heavy atom. The fourth-order valence-electron chi connectivity index (χ4n) is 7.15. The number of carbonyl (C=O) groups excluding carboxylic acids is 1. The number of benzene rings is 8. The standard InChI is InChI=1S/2C26H22P2.C3H6O.2CHF3O3S.2H2O.Ru/c2*1-22(27(23-14-6-2-7-15-23)24-16-8-3-9-17-24)28(25-18-10-4-11-19-25)26-20-12-5-13-21-26;1-3(2)4;2*2-1(3,4)8(5,6)7;;;/h2*2-21H,1H2;1-2H3;2*(H,5,6,7);2*1H2;/q;;;;;;;+2/p+4. The fourth-order valence-corrected chi connectivity index (χ4v) is 20.9. The van der Waals surface area contributed by atoms with E-state index in [1.54, 1.807) is 0 Å². The van der Waals surface area contributed by atoms with E-state index in [9.17, 15) is 31.1 Å². The van der Waals surface area contributed by atoms with Crippen LogP contribution in [0.15, 0.2) is 266 Å². The second kappa shape index (κ2) is 34.7. The Morgan fingerprint density at radius 1 is 0.342 bits per heavy atom. The zero-order chi connectivity index (χ0) is 55.9. The molecule has 6 N–H and O–H groups in total. The molecule has 0 aromatic heterocycles. The van der Waals surface area contributed by atoms with Crippen LogP contribution in [0.2, 0.25) is 0 Å². The first-order valence-corrected chi connectivity index (χ1v) is 31.6. The molecule has 79 heavy (non-hydrogen) atoms. The van der Waals surface area contributed by atoms with Crippen LogP contribution in [0.5, 0.6) is 0 Å². The van der Waals surface area contributed by atoms with E-state index in [0.717, 1.165) is 0 Å². The van der Waals surface area contributed by atoms with Gasteiger partial charge >= 0.3 is 30.5 Å². The minimum atomic E-state index is -6.09. The number of carbonyl (C=O) groups is 1. The third kappa shape index (κ3) is 23.3. The monoisotopic (exact) mass is 1290 g/mol. The Morgan fingerprint density at radius 3 is 0.506 bits per heavy atom. The van der Waals surface area contributed by atoms with Crippen LogP contribution < -0.4 is 42.4 Å². The Bertz CT molecular complexity index is 2710. The molecular formula is C57H60F6O9P4RuS2+6. The van der Waals surface area contributed by atoms with E-state index in [0.29, 0.717) is 0 Å². The summed E-state index contributed by atoms with van der Waals surface area (Å²) < 4.78 is 118. The summed E-state index contributed by atoms with van der Waals surface area (Å²) in [4.78, 5) is 9.44. The molecule has 0 spiro atoms. The molecule has 0 saturated carbocycles. The van der Waals surface area contributed by atoms with E-state index in [1.165, 1.54) is 66.4 Å². The first-order valence-electron chi connectivity index (χ1n) is 22.7. The Kier molecular flexibility index (Phi) is 31.4. The molecule has 0 unspecified atom stereocenters. The van der Waals surface area contributed by atoms with Crippen LogP contribution in [0.3, 0.4) is 0 Å². The number of rotatable bonds is 12. The minimum absolute atomic E-state index is 0. The van der Waals surface area contributed by atoms with E-state index in [-0.39, 0.29) is 36.2 Å². The molecule has 0 saturated heterocycles. The maximum atomic E-state index is 10.7. The van der Waals surface area contributed by atoms with Crippen molar-refractivity contribution in [2.45, 2.75) is 24.9 Å². The van der Waals surface area contributed by atoms with Gasteiger partial charge in [0.15, 0.2) is 20.2 Å². The number of hydrogen-bond acceptors (Lipinski definition) is 7. The van der Waals surface area contributed by atoms with Gasteiger partial charge < -0.3 is 24.9 Å². The normalized spacial score (nSPS) is 10.9. The van der Waals surface area contributed by atoms with Gasteiger partial charge in [-0.05, 0) is 124 Å². The molecule has 0 fully saturated rings. The van der Waals surface area contributed by atoms with Gasteiger partial charge in [0.05, 0.1) is 0 Å². The Labute approximate surface area is 475 Å². The van der Waals surface area contributed by atoms with Crippen molar-refractivity contribution in [3.8, 4) is 0 Å². The van der Waals surface area contributed by atoms with Gasteiger partial charge in [-0.15, -0.1) is 0 Å². The van der Waals surface area contributed by atoms with Crippen molar-refractivity contribution in [3.05, 3.63) is 266 Å². The Hall–Kier alpha value is -5.43. The van der Waals surface area contributed by atoms with E-state index in [2.05, 4.69) is 243 Å². The molecule has 418 valence electrons. The molecule has 0 radical (unpaired) electrons. The number of hydrogen-bond donors (Lipinski definition) is 0. The van der Waals surface area contributed by atoms with E-state index in [4.69, 9.17) is 39.1 Å². The molecule has 22 heteroatoms. The van der Waals surface area contributed by atoms with Gasteiger partial charge in [-0.3, -0.25) is 0 Å². The van der Waals surface area contributed by atoms with Crippen molar-refractivity contribution in [2.75, 3.05) is 0 Å². The van der Waals surface area contributed by atoms with Crippen molar-refractivity contribution in [2.24, 2.45) is 0 Å². The van der Waals surface area contributed by atoms with Gasteiger partial charge in [0.1, 0.15) is 79.9 Å². The maximum Gasteiger partial charge on any atom is 2.00 e. The molecule has 9 nitrogen and oxygen atoms in total. The van der Waals surface area contributed by atoms with Gasteiger partial charge in [-0.2, -0.15) is 26.3 Å². The average Bonchev–Trinajstić information content (AvgIpc) is 3.40. The summed E-state index contributed by atoms with van der Waals surface area (Å²) in [6.45, 7) is 12.6. The first kappa shape index (κ1) is 71.6. The summed E-state index contributed by atoms with van der Waals surface area (Å²) in [5.41, 5.74) is -11.3. The largest absolute Gasteiger partial charge is 2.00 e. The summed E-state index contributed by atoms with van der Waals surface area (Å²) in [7, 11) is -16.7. The molecule has 0 amide bonds. The Balaban J connectivity index is 0.000000574. The van der Waals surface area contributed by atoms with Crippen molar-refractivity contribution < 1.29 is 87.5 Å². The molecule has 0 aliphatic carbocycles. The summed E-state index contributed by atoms with van der Waals surface area (Å²) >= 11 is 0. The van der Waals surface area contributed by atoms with Crippen LogP contribution in [-0.4, -0.2) is 42.7 Å². The molecule has 8 rings (SSSR count). The predicted octanol–water partition coefficient (Wildman–Crippen LogP) is 9.23. The third-order valence-electron chi connectivity index (χ3n) is 10.3. The second-order valence-electron chi connectivity index (χ2n) is 16.1. The number of Topliss-reactive ketones (excluding diaryl/α,β-unsaturated/α-hetero) is 1. The minimum Gasteiger partial charge on any atom is -0.741 e. The molecular weight excluding hydrogens is 1230 g/mol. The molecule has 0 aliphatic rings. The molecule has 0 atom stereocenters. The molecule has 0 bridgehead atoms. The maximum absolute atomic E-state index is 10.7. The van der Waals surface area contributed by atoms with E-state index >= 15 is 0 Å². The molecule has 8 aromatic rings. The van der Waals surface area contributed by atoms with Crippen molar-refractivity contribution >= 4 is 100 Å². The van der Waals surface area contributed by atoms with Gasteiger partial charge in [-0.25, -0.2) is 16.8 Å². The van der Waals surface area contributed by atoms with Crippen molar-refractivity contribution in [1.82, 2.24) is 0 Å². The summed E-state index contributed by atoms with van der Waals surface area (Å²) in [5, 5.41) is 14.0. The topological polar surface area (TPSA) is 197 Å². The molecule has 0 heterocycles. The SMILES string of the molecule is C=C([PH+](c1ccccc1)c1ccccc1)[PH+](c1ccccc1)c1ccccc1.C=C([PH+](c1ccccc1)c1ccccc1)[PH+](c1ccccc1)c1ccccc1.CC(C)=O.O=S(=O)([O-])C(F)(F)F.O=S(=O)([O-])C(F)(F)F.[OH3+].[OH3+].[Ru+2]. The third-order valence-corrected chi connectivity index (χ3v) is 24.1. The number of ketones is 1. The molecule has 0 aliphatic heterocycles. The van der Waals surface area contributed by atoms with Crippen molar-refractivity contribution in [1.29, 1.82) is 0 Å². The first-order chi connectivity index (χ1) is 35.9.